The molecule has 0 radical (unpaired) electrons. The minimum atomic E-state index is -1.17. The van der Waals surface area contributed by atoms with Crippen molar-refractivity contribution in [3.63, 3.8) is 0 Å². The molecule has 4 rings (SSSR count). The first-order valence-corrected chi connectivity index (χ1v) is 11.5. The Morgan fingerprint density at radius 3 is 2.32 bits per heavy atom. The lowest BCUT2D eigenvalue weighted by Gasteiger charge is -2.39. The van der Waals surface area contributed by atoms with E-state index >= 15 is 0 Å². The molecule has 1 fully saturated rings. The summed E-state index contributed by atoms with van der Waals surface area (Å²) in [7, 11) is 1.61. The van der Waals surface area contributed by atoms with E-state index in [1.54, 1.807) is 7.11 Å². The number of benzene rings is 3. The SMILES string of the molecule is CO[C@](C)(C(=O)O[C@@H]1C[C@H](C)CC[C@H]1C(C)C)c1cc2ccccc2c2ccccc12. The highest BCUT2D eigenvalue weighted by Crippen LogP contribution is 2.40. The van der Waals surface area contributed by atoms with Gasteiger partial charge in [0, 0.05) is 12.7 Å². The van der Waals surface area contributed by atoms with E-state index in [4.69, 9.17) is 9.47 Å². The second-order valence-corrected chi connectivity index (χ2v) is 9.70. The van der Waals surface area contributed by atoms with Gasteiger partial charge in [-0.05, 0) is 65.1 Å². The summed E-state index contributed by atoms with van der Waals surface area (Å²) in [5.41, 5.74) is -0.314. The van der Waals surface area contributed by atoms with E-state index in [2.05, 4.69) is 57.2 Å². The fraction of sp³-hybridized carbons (Fsp3) is 0.464. The molecule has 3 heteroatoms. The van der Waals surface area contributed by atoms with Gasteiger partial charge in [-0.2, -0.15) is 0 Å². The molecule has 1 aliphatic rings. The molecule has 3 aromatic rings. The van der Waals surface area contributed by atoms with Crippen LogP contribution in [-0.4, -0.2) is 19.2 Å². The van der Waals surface area contributed by atoms with E-state index in [0.717, 1.165) is 34.6 Å². The molecule has 1 aliphatic carbocycles. The molecule has 1 saturated carbocycles. The third kappa shape index (κ3) is 3.96. The normalized spacial score (nSPS) is 23.7. The molecule has 3 nitrogen and oxygen atoms in total. The molecular weight excluding hydrogens is 384 g/mol. The summed E-state index contributed by atoms with van der Waals surface area (Å²) < 4.78 is 12.2. The summed E-state index contributed by atoms with van der Waals surface area (Å²) in [5, 5.41) is 4.42. The van der Waals surface area contributed by atoms with Gasteiger partial charge in [0.15, 0.2) is 5.60 Å². The number of methoxy groups -OCH3 is 1. The molecule has 4 atom stereocenters. The van der Waals surface area contributed by atoms with Gasteiger partial charge < -0.3 is 9.47 Å². The highest BCUT2D eigenvalue weighted by Gasteiger charge is 2.42. The van der Waals surface area contributed by atoms with E-state index < -0.39 is 5.60 Å². The van der Waals surface area contributed by atoms with Gasteiger partial charge in [0.25, 0.3) is 0 Å². The van der Waals surface area contributed by atoms with Crippen LogP contribution in [0.25, 0.3) is 21.5 Å². The molecule has 0 N–H and O–H groups in total. The molecule has 0 aliphatic heterocycles. The Labute approximate surface area is 185 Å². The summed E-state index contributed by atoms with van der Waals surface area (Å²) in [6, 6.07) is 18.6. The zero-order chi connectivity index (χ0) is 22.2. The highest BCUT2D eigenvalue weighted by molar-refractivity contribution is 6.10. The van der Waals surface area contributed by atoms with Crippen LogP contribution in [0.15, 0.2) is 54.6 Å². The van der Waals surface area contributed by atoms with Gasteiger partial charge in [0.05, 0.1) is 0 Å². The zero-order valence-electron chi connectivity index (χ0n) is 19.4. The van der Waals surface area contributed by atoms with Crippen LogP contribution >= 0.6 is 0 Å². The van der Waals surface area contributed by atoms with Gasteiger partial charge in [-0.3, -0.25) is 0 Å². The summed E-state index contributed by atoms with van der Waals surface area (Å²) in [4.78, 5) is 13.7. The summed E-state index contributed by atoms with van der Waals surface area (Å²) in [5.74, 6) is 1.17. The molecule has 0 amide bonds. The first kappa shape index (κ1) is 21.8. The second kappa shape index (κ2) is 8.63. The van der Waals surface area contributed by atoms with E-state index in [1.165, 1.54) is 11.8 Å². The first-order chi connectivity index (χ1) is 14.8. The van der Waals surface area contributed by atoms with E-state index in [0.29, 0.717) is 17.8 Å². The maximum atomic E-state index is 13.7. The van der Waals surface area contributed by atoms with Crippen molar-refractivity contribution < 1.29 is 14.3 Å². The van der Waals surface area contributed by atoms with Crippen molar-refractivity contribution in [3.8, 4) is 0 Å². The lowest BCUT2D eigenvalue weighted by atomic mass is 9.75. The van der Waals surface area contributed by atoms with Gasteiger partial charge in [0.1, 0.15) is 6.10 Å². The van der Waals surface area contributed by atoms with Crippen LogP contribution in [0.5, 0.6) is 0 Å². The summed E-state index contributed by atoms with van der Waals surface area (Å²) in [6.45, 7) is 8.56. The number of ether oxygens (including phenoxy) is 2. The molecule has 0 unspecified atom stereocenters. The third-order valence-electron chi connectivity index (χ3n) is 7.30. The average Bonchev–Trinajstić information content (AvgIpc) is 2.77. The summed E-state index contributed by atoms with van der Waals surface area (Å²) in [6.07, 6.45) is 3.18. The lowest BCUT2D eigenvalue weighted by Crippen LogP contribution is -2.43. The van der Waals surface area contributed by atoms with Crippen LogP contribution in [-0.2, 0) is 19.9 Å². The second-order valence-electron chi connectivity index (χ2n) is 9.70. The van der Waals surface area contributed by atoms with Crippen molar-refractivity contribution in [2.45, 2.75) is 58.7 Å². The van der Waals surface area contributed by atoms with Gasteiger partial charge >= 0.3 is 5.97 Å². The monoisotopic (exact) mass is 418 g/mol. The number of fused-ring (bicyclic) bond motifs is 3. The molecule has 3 aromatic carbocycles. The van der Waals surface area contributed by atoms with Crippen LogP contribution in [0.4, 0.5) is 0 Å². The fourth-order valence-corrected chi connectivity index (χ4v) is 5.25. The fourth-order valence-electron chi connectivity index (χ4n) is 5.25. The van der Waals surface area contributed by atoms with Crippen molar-refractivity contribution in [1.82, 2.24) is 0 Å². The van der Waals surface area contributed by atoms with Crippen LogP contribution in [0, 0.1) is 17.8 Å². The van der Waals surface area contributed by atoms with Crippen molar-refractivity contribution in [3.05, 3.63) is 60.2 Å². The standard InChI is InChI=1S/C28H34O3/c1-18(2)21-15-14-19(3)16-26(21)31-27(29)28(4,30-5)25-17-20-10-6-7-11-22(20)23-12-8-9-13-24(23)25/h6-13,17-19,21,26H,14-16H2,1-5H3/t19-,21+,26-,28+/m1/s1. The number of carbonyl (C=O) groups is 1. The zero-order valence-corrected chi connectivity index (χ0v) is 19.4. The van der Waals surface area contributed by atoms with Crippen molar-refractivity contribution >= 4 is 27.5 Å². The minimum Gasteiger partial charge on any atom is -0.460 e. The molecule has 164 valence electrons. The third-order valence-corrected chi connectivity index (χ3v) is 7.30. The number of esters is 1. The smallest absolute Gasteiger partial charge is 0.343 e. The summed E-state index contributed by atoms with van der Waals surface area (Å²) >= 11 is 0. The van der Waals surface area contributed by atoms with E-state index in [1.807, 2.05) is 25.1 Å². The Morgan fingerprint density at radius 2 is 1.65 bits per heavy atom. The number of hydrogen-bond donors (Lipinski definition) is 0. The average molecular weight is 419 g/mol. The van der Waals surface area contributed by atoms with E-state index in [-0.39, 0.29) is 12.1 Å². The molecule has 0 bridgehead atoms. The van der Waals surface area contributed by atoms with Crippen LogP contribution in [0.3, 0.4) is 0 Å². The maximum absolute atomic E-state index is 13.7. The Kier molecular flexibility index (Phi) is 6.07. The number of hydrogen-bond acceptors (Lipinski definition) is 3. The molecular formula is C28H34O3. The Bertz CT molecular complexity index is 1090. The highest BCUT2D eigenvalue weighted by atomic mass is 16.6. The lowest BCUT2D eigenvalue weighted by molar-refractivity contribution is -0.180. The van der Waals surface area contributed by atoms with Crippen molar-refractivity contribution in [1.29, 1.82) is 0 Å². The minimum absolute atomic E-state index is 0.0579. The predicted molar refractivity (Wildman–Crippen MR) is 127 cm³/mol. The number of rotatable bonds is 5. The Hall–Kier alpha value is -2.39. The van der Waals surface area contributed by atoms with Crippen molar-refractivity contribution in [2.75, 3.05) is 7.11 Å². The topological polar surface area (TPSA) is 35.5 Å². The van der Waals surface area contributed by atoms with E-state index in [9.17, 15) is 4.79 Å². The predicted octanol–water partition coefficient (Wildman–Crippen LogP) is 6.86. The van der Waals surface area contributed by atoms with Crippen LogP contribution < -0.4 is 0 Å². The molecule has 0 saturated heterocycles. The first-order valence-electron chi connectivity index (χ1n) is 11.5. The Balaban J connectivity index is 1.77. The number of carbonyl (C=O) groups excluding carboxylic acids is 1. The maximum Gasteiger partial charge on any atom is 0.343 e. The Morgan fingerprint density at radius 1 is 1.00 bits per heavy atom. The van der Waals surface area contributed by atoms with Crippen molar-refractivity contribution in [2.24, 2.45) is 17.8 Å². The van der Waals surface area contributed by atoms with Crippen LogP contribution in [0.1, 0.15) is 52.5 Å². The van der Waals surface area contributed by atoms with Gasteiger partial charge in [-0.15, -0.1) is 0 Å². The molecule has 0 heterocycles. The van der Waals surface area contributed by atoms with Gasteiger partial charge in [-0.25, -0.2) is 4.79 Å². The van der Waals surface area contributed by atoms with Crippen LogP contribution in [0.2, 0.25) is 0 Å². The molecule has 0 spiro atoms. The molecule has 31 heavy (non-hydrogen) atoms. The van der Waals surface area contributed by atoms with Gasteiger partial charge in [-0.1, -0.05) is 75.7 Å². The molecule has 0 aromatic heterocycles. The van der Waals surface area contributed by atoms with Gasteiger partial charge in [0.2, 0.25) is 0 Å². The quantitative estimate of drug-likeness (QED) is 0.335. The largest absolute Gasteiger partial charge is 0.460 e.